The van der Waals surface area contributed by atoms with Crippen molar-refractivity contribution in [3.8, 4) is 11.5 Å². The van der Waals surface area contributed by atoms with E-state index in [1.165, 1.54) is 17.2 Å². The summed E-state index contributed by atoms with van der Waals surface area (Å²) in [7, 11) is 0. The summed E-state index contributed by atoms with van der Waals surface area (Å²) >= 11 is 0. The van der Waals surface area contributed by atoms with Crippen LogP contribution in [0.1, 0.15) is 59.4 Å². The molecule has 0 amide bonds. The maximum Gasteiger partial charge on any atom is 0.331 e. The number of allylic oxidation sites excluding steroid dienone is 3. The van der Waals surface area contributed by atoms with E-state index < -0.39 is 0 Å². The summed E-state index contributed by atoms with van der Waals surface area (Å²) in [6.45, 7) is 11.7. The van der Waals surface area contributed by atoms with E-state index in [9.17, 15) is 4.79 Å². The van der Waals surface area contributed by atoms with Crippen LogP contribution in [-0.4, -0.2) is 25.8 Å². The van der Waals surface area contributed by atoms with Crippen LogP contribution in [0.3, 0.4) is 0 Å². The van der Waals surface area contributed by atoms with E-state index in [1.807, 2.05) is 31.2 Å². The highest BCUT2D eigenvalue weighted by Gasteiger charge is 2.05. The van der Waals surface area contributed by atoms with E-state index in [0.29, 0.717) is 19.0 Å². The Morgan fingerprint density at radius 3 is 2.50 bits per heavy atom. The molecule has 0 radical (unpaired) electrons. The lowest BCUT2D eigenvalue weighted by Crippen LogP contribution is -2.01. The third-order valence-corrected chi connectivity index (χ3v) is 3.89. The number of hydrogen-bond donors (Lipinski definition) is 0. The molecule has 0 aliphatic rings. The molecule has 0 aliphatic carbocycles. The second kappa shape index (κ2) is 13.6. The molecular formula is C24H34O4. The molecule has 1 aromatic carbocycles. The fraction of sp³-hybridized carbons (Fsp3) is 0.458. The van der Waals surface area contributed by atoms with Gasteiger partial charge in [-0.2, -0.15) is 0 Å². The standard InChI is InChI=1S/C24H34O4/c1-6-16-27-22-13-11-21(18-23(22)26-7-2)12-14-24(25)28-17-15-20(5)10-8-9-19(3)4/h9,11-15,18H,6-8,10,16-17H2,1-5H3. The fourth-order valence-corrected chi connectivity index (χ4v) is 2.40. The SMILES string of the molecule is CCCOc1ccc(C=CC(=O)OCC=C(C)CCC=C(C)C)cc1OCC. The number of rotatable bonds is 12. The summed E-state index contributed by atoms with van der Waals surface area (Å²) in [5.74, 6) is 1.04. The van der Waals surface area contributed by atoms with Crippen LogP contribution >= 0.6 is 0 Å². The zero-order chi connectivity index (χ0) is 20.8. The Morgan fingerprint density at radius 2 is 1.82 bits per heavy atom. The van der Waals surface area contributed by atoms with Crippen molar-refractivity contribution in [3.05, 3.63) is 53.1 Å². The Balaban J connectivity index is 2.56. The minimum atomic E-state index is -0.363. The topological polar surface area (TPSA) is 44.8 Å². The van der Waals surface area contributed by atoms with Crippen LogP contribution in [0, 0.1) is 0 Å². The molecule has 0 aliphatic heterocycles. The molecule has 1 aromatic rings. The first-order valence-electron chi connectivity index (χ1n) is 9.99. The number of hydrogen-bond acceptors (Lipinski definition) is 4. The maximum absolute atomic E-state index is 11.9. The Morgan fingerprint density at radius 1 is 1.04 bits per heavy atom. The second-order valence-corrected chi connectivity index (χ2v) is 6.82. The molecule has 4 heteroatoms. The Bertz CT molecular complexity index is 695. The van der Waals surface area contributed by atoms with E-state index in [1.54, 1.807) is 6.08 Å². The number of benzene rings is 1. The third-order valence-electron chi connectivity index (χ3n) is 3.89. The summed E-state index contributed by atoms with van der Waals surface area (Å²) in [6, 6.07) is 5.63. The Hall–Kier alpha value is -2.49. The monoisotopic (exact) mass is 386 g/mol. The Labute approximate surface area is 169 Å². The molecule has 4 nitrogen and oxygen atoms in total. The average Bonchev–Trinajstić information content (AvgIpc) is 2.65. The highest BCUT2D eigenvalue weighted by molar-refractivity contribution is 5.87. The van der Waals surface area contributed by atoms with Gasteiger partial charge in [0.2, 0.25) is 0 Å². The average molecular weight is 387 g/mol. The van der Waals surface area contributed by atoms with E-state index in [2.05, 4.69) is 33.8 Å². The van der Waals surface area contributed by atoms with Crippen molar-refractivity contribution in [1.82, 2.24) is 0 Å². The molecule has 154 valence electrons. The zero-order valence-corrected chi connectivity index (χ0v) is 17.9. The van der Waals surface area contributed by atoms with Gasteiger partial charge in [0.25, 0.3) is 0 Å². The summed E-state index contributed by atoms with van der Waals surface area (Å²) in [6.07, 6.45) is 10.2. The van der Waals surface area contributed by atoms with Crippen molar-refractivity contribution in [2.24, 2.45) is 0 Å². The molecule has 0 saturated carbocycles. The molecule has 0 unspecified atom stereocenters. The molecule has 0 spiro atoms. The Kier molecular flexibility index (Phi) is 11.5. The number of carbonyl (C=O) groups is 1. The molecule has 0 bridgehead atoms. The van der Waals surface area contributed by atoms with Gasteiger partial charge in [-0.05, 0) is 76.8 Å². The van der Waals surface area contributed by atoms with Gasteiger partial charge in [-0.1, -0.05) is 30.2 Å². The first-order valence-corrected chi connectivity index (χ1v) is 9.99. The van der Waals surface area contributed by atoms with Gasteiger partial charge in [0, 0.05) is 6.08 Å². The smallest absolute Gasteiger partial charge is 0.331 e. The lowest BCUT2D eigenvalue weighted by atomic mass is 10.1. The van der Waals surface area contributed by atoms with Crippen LogP contribution in [0.25, 0.3) is 6.08 Å². The van der Waals surface area contributed by atoms with Crippen LogP contribution in [0.2, 0.25) is 0 Å². The van der Waals surface area contributed by atoms with Crippen molar-refractivity contribution in [2.45, 2.75) is 53.9 Å². The molecule has 28 heavy (non-hydrogen) atoms. The molecule has 0 aromatic heterocycles. The first-order chi connectivity index (χ1) is 13.5. The summed E-state index contributed by atoms with van der Waals surface area (Å²) in [5, 5.41) is 0. The summed E-state index contributed by atoms with van der Waals surface area (Å²) in [5.41, 5.74) is 3.40. The van der Waals surface area contributed by atoms with Crippen LogP contribution < -0.4 is 9.47 Å². The fourth-order valence-electron chi connectivity index (χ4n) is 2.40. The van der Waals surface area contributed by atoms with Crippen LogP contribution in [0.15, 0.2) is 47.6 Å². The predicted molar refractivity (Wildman–Crippen MR) is 116 cm³/mol. The van der Waals surface area contributed by atoms with E-state index in [4.69, 9.17) is 14.2 Å². The van der Waals surface area contributed by atoms with Crippen molar-refractivity contribution in [2.75, 3.05) is 19.8 Å². The quantitative estimate of drug-likeness (QED) is 0.246. The van der Waals surface area contributed by atoms with Gasteiger partial charge in [-0.15, -0.1) is 0 Å². The van der Waals surface area contributed by atoms with Crippen molar-refractivity contribution in [3.63, 3.8) is 0 Å². The van der Waals surface area contributed by atoms with Crippen molar-refractivity contribution < 1.29 is 19.0 Å². The van der Waals surface area contributed by atoms with E-state index in [0.717, 1.165) is 30.6 Å². The normalized spacial score (nSPS) is 11.4. The van der Waals surface area contributed by atoms with Crippen LogP contribution in [0.5, 0.6) is 11.5 Å². The number of ether oxygens (including phenoxy) is 3. The maximum atomic E-state index is 11.9. The summed E-state index contributed by atoms with van der Waals surface area (Å²) in [4.78, 5) is 11.9. The van der Waals surface area contributed by atoms with Crippen molar-refractivity contribution >= 4 is 12.0 Å². The van der Waals surface area contributed by atoms with Crippen LogP contribution in [-0.2, 0) is 9.53 Å². The zero-order valence-electron chi connectivity index (χ0n) is 17.9. The number of esters is 1. The van der Waals surface area contributed by atoms with Crippen LogP contribution in [0.4, 0.5) is 0 Å². The van der Waals surface area contributed by atoms with Gasteiger partial charge in [0.15, 0.2) is 11.5 Å². The highest BCUT2D eigenvalue weighted by atomic mass is 16.5. The molecule has 1 rings (SSSR count). The predicted octanol–water partition coefficient (Wildman–Crippen LogP) is 6.12. The van der Waals surface area contributed by atoms with Crippen molar-refractivity contribution in [1.29, 1.82) is 0 Å². The second-order valence-electron chi connectivity index (χ2n) is 6.82. The van der Waals surface area contributed by atoms with E-state index >= 15 is 0 Å². The lowest BCUT2D eigenvalue weighted by Gasteiger charge is -2.12. The van der Waals surface area contributed by atoms with Gasteiger partial charge in [-0.3, -0.25) is 0 Å². The van der Waals surface area contributed by atoms with Gasteiger partial charge >= 0.3 is 5.97 Å². The van der Waals surface area contributed by atoms with E-state index in [-0.39, 0.29) is 12.6 Å². The molecule has 0 N–H and O–H groups in total. The van der Waals surface area contributed by atoms with Gasteiger partial charge in [0.05, 0.1) is 13.2 Å². The van der Waals surface area contributed by atoms with Gasteiger partial charge in [-0.25, -0.2) is 4.79 Å². The first kappa shape index (κ1) is 23.5. The summed E-state index contributed by atoms with van der Waals surface area (Å²) < 4.78 is 16.6. The minimum Gasteiger partial charge on any atom is -0.490 e. The molecule has 0 fully saturated rings. The molecule has 0 heterocycles. The molecule has 0 saturated heterocycles. The minimum absolute atomic E-state index is 0.290. The van der Waals surface area contributed by atoms with Gasteiger partial charge in [0.1, 0.15) is 6.61 Å². The van der Waals surface area contributed by atoms with Gasteiger partial charge < -0.3 is 14.2 Å². The number of carbonyl (C=O) groups excluding carboxylic acids is 1. The molecule has 0 atom stereocenters. The largest absolute Gasteiger partial charge is 0.490 e. The lowest BCUT2D eigenvalue weighted by molar-refractivity contribution is -0.136. The highest BCUT2D eigenvalue weighted by Crippen LogP contribution is 2.29. The molecular weight excluding hydrogens is 352 g/mol. The third kappa shape index (κ3) is 10.0.